The molecule has 3 aliphatic carbocycles. The number of fused-ring (bicyclic) bond motifs is 1. The minimum atomic E-state index is -0.819. The fraction of sp³-hybridized carbons (Fsp3) is 0.345. The predicted molar refractivity (Wildman–Crippen MR) is 132 cm³/mol. The maximum atomic E-state index is 12.2. The van der Waals surface area contributed by atoms with Crippen molar-refractivity contribution in [3.05, 3.63) is 94.3 Å². The number of nitrogens with zero attached hydrogens (tertiary/aromatic N) is 2. The van der Waals surface area contributed by atoms with Crippen LogP contribution in [0.5, 0.6) is 0 Å². The van der Waals surface area contributed by atoms with Crippen LogP contribution in [-0.2, 0) is 10.2 Å². The monoisotopic (exact) mass is 437 g/mol. The van der Waals surface area contributed by atoms with Gasteiger partial charge in [0, 0.05) is 49.1 Å². The van der Waals surface area contributed by atoms with Gasteiger partial charge < -0.3 is 14.9 Å². The van der Waals surface area contributed by atoms with Gasteiger partial charge in [-0.3, -0.25) is 4.79 Å². The standard InChI is InChI=1S/C29H28N2O2/c1-29(2)25-17-19(30-13-5-14-30)9-11-23(25)27(21-7-3-4-8-22(21)28(32)33)24-12-10-20(18-26(24)29)31-15-6-16-31/h3-4,7-11,17-18,22H,5-6,13-16H2,1-2H3/p+1. The zero-order valence-corrected chi connectivity index (χ0v) is 19.3. The van der Waals surface area contributed by atoms with Gasteiger partial charge in [0.1, 0.15) is 11.6 Å². The van der Waals surface area contributed by atoms with Gasteiger partial charge in [-0.2, -0.15) is 0 Å². The molecule has 5 aliphatic rings. The van der Waals surface area contributed by atoms with E-state index in [4.69, 9.17) is 0 Å². The molecule has 1 N–H and O–H groups in total. The Bertz CT molecular complexity index is 1230. The van der Waals surface area contributed by atoms with Crippen LogP contribution in [0.1, 0.15) is 37.8 Å². The number of anilines is 1. The molecule has 33 heavy (non-hydrogen) atoms. The summed E-state index contributed by atoms with van der Waals surface area (Å²) in [5, 5.41) is 10.0. The molecule has 0 spiro atoms. The molecule has 0 bridgehead atoms. The number of hydrogen-bond acceptors (Lipinski definition) is 3. The Morgan fingerprint density at radius 1 is 1.09 bits per heavy atom. The van der Waals surface area contributed by atoms with Gasteiger partial charge in [0.15, 0.2) is 5.57 Å². The fourth-order valence-corrected chi connectivity index (χ4v) is 5.56. The number of benzene rings is 1. The number of allylic oxidation sites excluding steroid dienone is 9. The van der Waals surface area contributed by atoms with E-state index < -0.39 is 11.9 Å². The maximum Gasteiger partial charge on any atom is 0.315 e. The molecule has 0 saturated carbocycles. The topological polar surface area (TPSA) is 43.8 Å². The summed E-state index contributed by atoms with van der Waals surface area (Å²) in [6.07, 6.45) is 18.0. The molecule has 2 fully saturated rings. The minimum Gasteiger partial charge on any atom is -0.481 e. The molecule has 1 atom stereocenters. The van der Waals surface area contributed by atoms with Gasteiger partial charge in [-0.1, -0.05) is 18.2 Å². The fourth-order valence-electron chi connectivity index (χ4n) is 5.56. The first-order chi connectivity index (χ1) is 15.9. The van der Waals surface area contributed by atoms with Crippen LogP contribution in [0.4, 0.5) is 5.69 Å². The SMILES string of the molecule is CC1(C)C2=C([C+]=CC(N3CCC3)=C2)C(=C2C=CC=CC2C(=O)O)c2ccc(N3CCC3)cc21. The Hall–Kier alpha value is -3.36. The molecule has 2 heterocycles. The minimum absolute atomic E-state index is 0.208. The van der Waals surface area contributed by atoms with Crippen LogP contribution < -0.4 is 4.90 Å². The molecule has 0 aromatic heterocycles. The number of hydrogen-bond donors (Lipinski definition) is 1. The van der Waals surface area contributed by atoms with Crippen molar-refractivity contribution in [1.82, 2.24) is 4.90 Å². The summed E-state index contributed by atoms with van der Waals surface area (Å²) >= 11 is 0. The van der Waals surface area contributed by atoms with E-state index in [1.54, 1.807) is 6.08 Å². The van der Waals surface area contributed by atoms with E-state index in [0.29, 0.717) is 0 Å². The van der Waals surface area contributed by atoms with Crippen molar-refractivity contribution in [2.45, 2.75) is 32.1 Å². The van der Waals surface area contributed by atoms with Crippen LogP contribution in [0.15, 0.2) is 77.1 Å². The summed E-state index contributed by atoms with van der Waals surface area (Å²) in [6.45, 7) is 8.98. The molecule has 1 aromatic rings. The molecule has 1 aromatic carbocycles. The second-order valence-corrected chi connectivity index (χ2v) is 10.1. The van der Waals surface area contributed by atoms with Crippen molar-refractivity contribution in [3.8, 4) is 0 Å². The molecule has 0 amide bonds. The van der Waals surface area contributed by atoms with Crippen molar-refractivity contribution in [3.63, 3.8) is 0 Å². The summed E-state index contributed by atoms with van der Waals surface area (Å²) in [6, 6.07) is 6.75. The Balaban J connectivity index is 1.61. The Morgan fingerprint density at radius 3 is 2.52 bits per heavy atom. The molecule has 4 nitrogen and oxygen atoms in total. The van der Waals surface area contributed by atoms with Gasteiger partial charge in [0.2, 0.25) is 0 Å². The third-order valence-corrected chi connectivity index (χ3v) is 7.82. The Morgan fingerprint density at radius 2 is 1.85 bits per heavy atom. The van der Waals surface area contributed by atoms with Crippen LogP contribution >= 0.6 is 0 Å². The number of carboxylic acids is 1. The lowest BCUT2D eigenvalue weighted by Gasteiger charge is -2.38. The second kappa shape index (κ2) is 7.33. The first-order valence-corrected chi connectivity index (χ1v) is 12.0. The summed E-state index contributed by atoms with van der Waals surface area (Å²) < 4.78 is 0. The highest BCUT2D eigenvalue weighted by atomic mass is 16.4. The summed E-state index contributed by atoms with van der Waals surface area (Å²) in [7, 11) is 0. The number of aliphatic carboxylic acids is 1. The van der Waals surface area contributed by atoms with E-state index in [1.807, 2.05) is 18.2 Å². The zero-order chi connectivity index (χ0) is 22.7. The Kier molecular flexibility index (Phi) is 4.50. The maximum absolute atomic E-state index is 12.2. The average molecular weight is 438 g/mol. The zero-order valence-electron chi connectivity index (χ0n) is 19.3. The largest absolute Gasteiger partial charge is 0.481 e. The van der Waals surface area contributed by atoms with Crippen LogP contribution in [0, 0.1) is 12.0 Å². The number of rotatable bonds is 3. The van der Waals surface area contributed by atoms with E-state index in [-0.39, 0.29) is 5.41 Å². The third kappa shape index (κ3) is 3.05. The molecule has 2 saturated heterocycles. The first-order valence-electron chi connectivity index (χ1n) is 12.0. The summed E-state index contributed by atoms with van der Waals surface area (Å²) in [5.41, 5.74) is 8.79. The third-order valence-electron chi connectivity index (χ3n) is 7.82. The van der Waals surface area contributed by atoms with Crippen molar-refractivity contribution >= 4 is 17.2 Å². The van der Waals surface area contributed by atoms with Crippen molar-refractivity contribution in [2.24, 2.45) is 5.92 Å². The van der Waals surface area contributed by atoms with Gasteiger partial charge in [-0.25, -0.2) is 0 Å². The van der Waals surface area contributed by atoms with E-state index in [9.17, 15) is 9.90 Å². The van der Waals surface area contributed by atoms with Crippen LogP contribution in [-0.4, -0.2) is 42.2 Å². The molecule has 166 valence electrons. The van der Waals surface area contributed by atoms with Gasteiger partial charge in [-0.05, 0) is 56.5 Å². The molecule has 0 radical (unpaired) electrons. The number of carboxylic acid groups (broad SMARTS) is 1. The Labute approximate surface area is 195 Å². The lowest BCUT2D eigenvalue weighted by molar-refractivity contribution is -0.138. The first kappa shape index (κ1) is 20.3. The van der Waals surface area contributed by atoms with E-state index >= 15 is 0 Å². The van der Waals surface area contributed by atoms with Gasteiger partial charge in [0.25, 0.3) is 0 Å². The highest BCUT2D eigenvalue weighted by Gasteiger charge is 2.45. The number of likely N-dealkylation sites (tertiary alicyclic amines) is 1. The van der Waals surface area contributed by atoms with Gasteiger partial charge in [0.05, 0.1) is 28.7 Å². The van der Waals surface area contributed by atoms with E-state index in [0.717, 1.165) is 48.5 Å². The van der Waals surface area contributed by atoms with Gasteiger partial charge in [-0.15, -0.1) is 0 Å². The average Bonchev–Trinajstić information content (AvgIpc) is 2.72. The smallest absolute Gasteiger partial charge is 0.315 e. The van der Waals surface area contributed by atoms with E-state index in [1.165, 1.54) is 35.4 Å². The lowest BCUT2D eigenvalue weighted by Crippen LogP contribution is -2.38. The highest BCUT2D eigenvalue weighted by Crippen LogP contribution is 2.51. The number of carbonyl (C=O) groups is 1. The predicted octanol–water partition coefficient (Wildman–Crippen LogP) is 5.03. The van der Waals surface area contributed by atoms with Crippen LogP contribution in [0.25, 0.3) is 5.57 Å². The normalized spacial score (nSPS) is 26.7. The molecule has 4 heteroatoms. The highest BCUT2D eigenvalue weighted by molar-refractivity contribution is 5.95. The van der Waals surface area contributed by atoms with Gasteiger partial charge >= 0.3 is 5.97 Å². The van der Waals surface area contributed by atoms with Crippen LogP contribution in [0.2, 0.25) is 0 Å². The second-order valence-electron chi connectivity index (χ2n) is 10.1. The molecule has 1 unspecified atom stereocenters. The quantitative estimate of drug-likeness (QED) is 0.674. The van der Waals surface area contributed by atoms with E-state index in [2.05, 4.69) is 60.1 Å². The van der Waals surface area contributed by atoms with Crippen molar-refractivity contribution in [1.29, 1.82) is 0 Å². The molecule has 2 aliphatic heterocycles. The summed E-state index contributed by atoms with van der Waals surface area (Å²) in [4.78, 5) is 17.0. The van der Waals surface area contributed by atoms with Crippen molar-refractivity contribution < 1.29 is 9.90 Å². The lowest BCUT2D eigenvalue weighted by atomic mass is 9.64. The summed E-state index contributed by atoms with van der Waals surface area (Å²) in [5.74, 6) is -1.48. The molecular formula is C29H29N2O2+. The van der Waals surface area contributed by atoms with Crippen LogP contribution in [0.3, 0.4) is 0 Å². The van der Waals surface area contributed by atoms with Crippen molar-refractivity contribution in [2.75, 3.05) is 31.1 Å². The molecular weight excluding hydrogens is 408 g/mol. The molecule has 6 rings (SSSR count).